The molecule has 0 atom stereocenters. The van der Waals surface area contributed by atoms with Gasteiger partial charge in [-0.1, -0.05) is 50.2 Å². The molecular formula is C24H29F3N4O2. The highest BCUT2D eigenvalue weighted by atomic mass is 19.4. The molecule has 2 aliphatic heterocycles. The van der Waals surface area contributed by atoms with Crippen LogP contribution < -0.4 is 10.0 Å². The summed E-state index contributed by atoms with van der Waals surface area (Å²) in [4.78, 5) is 22.8. The van der Waals surface area contributed by atoms with Gasteiger partial charge in [-0.15, -0.1) is 0 Å². The second-order valence-electron chi connectivity index (χ2n) is 6.89. The molecule has 2 aromatic rings. The SMILES string of the molecule is CC.CC(F)(F)F.CC1=NN(c2ccccc2)C(=O)C1.CC1=NN(c2ccccc2)C(=O)C1. The zero-order valence-electron chi connectivity index (χ0n) is 19.4. The van der Waals surface area contributed by atoms with Gasteiger partial charge in [0, 0.05) is 18.3 Å². The maximum Gasteiger partial charge on any atom is 0.386 e. The number of benzene rings is 2. The van der Waals surface area contributed by atoms with Gasteiger partial charge in [0.1, 0.15) is 0 Å². The van der Waals surface area contributed by atoms with Crippen molar-refractivity contribution in [1.29, 1.82) is 0 Å². The number of alkyl halides is 3. The van der Waals surface area contributed by atoms with E-state index in [-0.39, 0.29) is 18.7 Å². The van der Waals surface area contributed by atoms with Crippen LogP contribution in [0.4, 0.5) is 24.5 Å². The molecule has 0 fully saturated rings. The molecule has 0 aromatic heterocycles. The van der Waals surface area contributed by atoms with Gasteiger partial charge in [-0.25, -0.2) is 10.0 Å². The van der Waals surface area contributed by atoms with E-state index in [1.54, 1.807) is 0 Å². The van der Waals surface area contributed by atoms with Gasteiger partial charge in [0.15, 0.2) is 0 Å². The van der Waals surface area contributed by atoms with Crippen molar-refractivity contribution in [2.45, 2.75) is 53.6 Å². The summed E-state index contributed by atoms with van der Waals surface area (Å²) in [6, 6.07) is 18.9. The van der Waals surface area contributed by atoms with Crippen LogP contribution in [0.25, 0.3) is 0 Å². The molecule has 0 aliphatic carbocycles. The minimum absolute atomic E-state index is 0.0451. The van der Waals surface area contributed by atoms with Crippen LogP contribution in [-0.4, -0.2) is 29.4 Å². The molecular weight excluding hydrogens is 433 g/mol. The Kier molecular flexibility index (Phi) is 11.0. The van der Waals surface area contributed by atoms with Crippen molar-refractivity contribution in [3.8, 4) is 0 Å². The van der Waals surface area contributed by atoms with E-state index >= 15 is 0 Å². The average Bonchev–Trinajstić information content (AvgIpc) is 3.29. The van der Waals surface area contributed by atoms with Crippen LogP contribution in [0.3, 0.4) is 0 Å². The summed E-state index contributed by atoms with van der Waals surface area (Å²) in [6.07, 6.45) is -3.12. The fraction of sp³-hybridized carbons (Fsp3) is 0.333. The van der Waals surface area contributed by atoms with Gasteiger partial charge in [0.25, 0.3) is 11.8 Å². The molecule has 6 nitrogen and oxygen atoms in total. The predicted molar refractivity (Wildman–Crippen MR) is 126 cm³/mol. The Hall–Kier alpha value is -3.49. The number of amides is 2. The van der Waals surface area contributed by atoms with E-state index < -0.39 is 6.18 Å². The van der Waals surface area contributed by atoms with E-state index in [1.165, 1.54) is 10.0 Å². The van der Waals surface area contributed by atoms with E-state index in [0.717, 1.165) is 22.8 Å². The highest BCUT2D eigenvalue weighted by molar-refractivity contribution is 6.12. The van der Waals surface area contributed by atoms with E-state index in [9.17, 15) is 22.8 Å². The maximum absolute atomic E-state index is 11.4. The molecule has 0 saturated heterocycles. The molecule has 2 aromatic carbocycles. The van der Waals surface area contributed by atoms with Crippen molar-refractivity contribution in [2.75, 3.05) is 10.0 Å². The number of anilines is 2. The molecule has 2 aliphatic rings. The van der Waals surface area contributed by atoms with Gasteiger partial charge in [0.05, 0.1) is 24.2 Å². The summed E-state index contributed by atoms with van der Waals surface area (Å²) in [5.74, 6) is 0.0902. The van der Waals surface area contributed by atoms with E-state index in [1.807, 2.05) is 88.4 Å². The third kappa shape index (κ3) is 10.1. The van der Waals surface area contributed by atoms with Crippen LogP contribution in [0, 0.1) is 0 Å². The minimum Gasteiger partial charge on any atom is -0.272 e. The molecule has 0 spiro atoms. The summed E-state index contributed by atoms with van der Waals surface area (Å²) in [5.41, 5.74) is 3.41. The molecule has 9 heteroatoms. The van der Waals surface area contributed by atoms with Gasteiger partial charge in [-0.05, 0) is 38.1 Å². The van der Waals surface area contributed by atoms with Gasteiger partial charge < -0.3 is 0 Å². The van der Waals surface area contributed by atoms with Crippen LogP contribution in [0.2, 0.25) is 0 Å². The number of nitrogens with zero attached hydrogens (tertiary/aromatic N) is 4. The van der Waals surface area contributed by atoms with E-state index in [0.29, 0.717) is 12.8 Å². The zero-order chi connectivity index (χ0) is 25.0. The van der Waals surface area contributed by atoms with Crippen molar-refractivity contribution >= 4 is 34.6 Å². The third-order valence-corrected chi connectivity index (χ3v) is 3.83. The predicted octanol–water partition coefficient (Wildman–Crippen LogP) is 6.19. The van der Waals surface area contributed by atoms with Gasteiger partial charge >= 0.3 is 6.18 Å². The second-order valence-corrected chi connectivity index (χ2v) is 6.89. The molecule has 0 unspecified atom stereocenters. The Bertz CT molecular complexity index is 879. The van der Waals surface area contributed by atoms with Gasteiger partial charge in [0.2, 0.25) is 0 Å². The lowest BCUT2D eigenvalue weighted by Gasteiger charge is -2.10. The first kappa shape index (κ1) is 27.5. The first-order chi connectivity index (χ1) is 15.5. The molecule has 178 valence electrons. The number of hydrogen-bond acceptors (Lipinski definition) is 4. The Morgan fingerprint density at radius 2 is 0.970 bits per heavy atom. The van der Waals surface area contributed by atoms with Crippen molar-refractivity contribution < 1.29 is 22.8 Å². The smallest absolute Gasteiger partial charge is 0.272 e. The fourth-order valence-corrected chi connectivity index (χ4v) is 2.65. The lowest BCUT2D eigenvalue weighted by Crippen LogP contribution is -2.19. The topological polar surface area (TPSA) is 65.3 Å². The van der Waals surface area contributed by atoms with E-state index in [4.69, 9.17) is 0 Å². The number of halogens is 3. The molecule has 0 radical (unpaired) electrons. The first-order valence-electron chi connectivity index (χ1n) is 10.5. The Morgan fingerprint density at radius 1 is 0.697 bits per heavy atom. The van der Waals surface area contributed by atoms with Crippen molar-refractivity contribution in [3.63, 3.8) is 0 Å². The fourth-order valence-electron chi connectivity index (χ4n) is 2.65. The molecule has 0 bridgehead atoms. The highest BCUT2D eigenvalue weighted by Crippen LogP contribution is 2.20. The number of para-hydroxylation sites is 2. The highest BCUT2D eigenvalue weighted by Gasteiger charge is 2.22. The summed E-state index contributed by atoms with van der Waals surface area (Å²) < 4.78 is 31.1. The number of hydrogen-bond donors (Lipinski definition) is 0. The average molecular weight is 463 g/mol. The molecule has 0 N–H and O–H groups in total. The van der Waals surface area contributed by atoms with Crippen LogP contribution in [0.5, 0.6) is 0 Å². The minimum atomic E-state index is -4.00. The molecule has 2 heterocycles. The molecule has 33 heavy (non-hydrogen) atoms. The molecule has 0 saturated carbocycles. The summed E-state index contributed by atoms with van der Waals surface area (Å²) >= 11 is 0. The van der Waals surface area contributed by atoms with Crippen LogP contribution in [0.1, 0.15) is 47.5 Å². The van der Waals surface area contributed by atoms with Crippen LogP contribution >= 0.6 is 0 Å². The zero-order valence-corrected chi connectivity index (χ0v) is 19.4. The number of hydrazone groups is 2. The summed E-state index contributed by atoms with van der Waals surface area (Å²) in [5, 5.41) is 11.2. The van der Waals surface area contributed by atoms with Crippen LogP contribution in [0.15, 0.2) is 70.9 Å². The second kappa shape index (κ2) is 13.1. The lowest BCUT2D eigenvalue weighted by molar-refractivity contribution is -0.117. The number of carbonyl (C=O) groups excluding carboxylic acids is 2. The normalized spacial score (nSPS) is 14.8. The number of carbonyl (C=O) groups is 2. The summed E-state index contributed by atoms with van der Waals surface area (Å²) in [7, 11) is 0. The van der Waals surface area contributed by atoms with Gasteiger partial charge in [-0.2, -0.15) is 23.4 Å². The standard InChI is InChI=1S/2C10H10N2O.C2H3F3.C2H6/c2*1-8-7-10(13)12(11-8)9-5-3-2-4-6-9;1-2(3,4)5;1-2/h2*2-6H,7H2,1H3;1H3;1-2H3. The Labute approximate surface area is 192 Å². The summed E-state index contributed by atoms with van der Waals surface area (Å²) in [6.45, 7) is 7.91. The first-order valence-corrected chi connectivity index (χ1v) is 10.5. The number of rotatable bonds is 2. The lowest BCUT2D eigenvalue weighted by atomic mass is 10.3. The Balaban J connectivity index is 0.000000260. The van der Waals surface area contributed by atoms with Crippen molar-refractivity contribution in [2.24, 2.45) is 10.2 Å². The van der Waals surface area contributed by atoms with E-state index in [2.05, 4.69) is 10.2 Å². The van der Waals surface area contributed by atoms with Crippen molar-refractivity contribution in [3.05, 3.63) is 60.7 Å². The van der Waals surface area contributed by atoms with Crippen LogP contribution in [-0.2, 0) is 9.59 Å². The third-order valence-electron chi connectivity index (χ3n) is 3.83. The Morgan fingerprint density at radius 3 is 1.18 bits per heavy atom. The molecule has 4 rings (SSSR count). The largest absolute Gasteiger partial charge is 0.386 e. The monoisotopic (exact) mass is 462 g/mol. The van der Waals surface area contributed by atoms with Gasteiger partial charge in [-0.3, -0.25) is 9.59 Å². The quantitative estimate of drug-likeness (QED) is 0.534. The molecule has 2 amide bonds. The maximum atomic E-state index is 11.4. The van der Waals surface area contributed by atoms with Crippen molar-refractivity contribution in [1.82, 2.24) is 0 Å².